The van der Waals surface area contributed by atoms with Crippen LogP contribution in [0, 0.1) is 11.8 Å². The van der Waals surface area contributed by atoms with Crippen LogP contribution in [0.1, 0.15) is 19.8 Å². The van der Waals surface area contributed by atoms with Crippen molar-refractivity contribution in [3.63, 3.8) is 0 Å². The second-order valence-corrected chi connectivity index (χ2v) is 7.82. The number of nitrogens with one attached hydrogen (secondary N) is 3. The van der Waals surface area contributed by atoms with Gasteiger partial charge in [0.05, 0.1) is 44.7 Å². The van der Waals surface area contributed by atoms with E-state index in [1.165, 1.54) is 0 Å². The van der Waals surface area contributed by atoms with Gasteiger partial charge in [-0.2, -0.15) is 0 Å². The minimum atomic E-state index is -0.868. The zero-order valence-electron chi connectivity index (χ0n) is 15.0. The Labute approximate surface area is 148 Å². The van der Waals surface area contributed by atoms with Gasteiger partial charge in [-0.05, 0) is 19.3 Å². The van der Waals surface area contributed by atoms with E-state index in [9.17, 15) is 4.39 Å². The first-order valence-corrected chi connectivity index (χ1v) is 9.65. The summed E-state index contributed by atoms with van der Waals surface area (Å²) in [5.74, 6) is 0.722. The summed E-state index contributed by atoms with van der Waals surface area (Å²) >= 11 is 0. The predicted octanol–water partition coefficient (Wildman–Crippen LogP) is -0.164. The normalized spacial score (nSPS) is 49.2. The summed E-state index contributed by atoms with van der Waals surface area (Å²) in [6, 6.07) is 0.167. The van der Waals surface area contributed by atoms with E-state index in [4.69, 9.17) is 14.2 Å². The topological polar surface area (TPSA) is 67.0 Å². The zero-order valence-corrected chi connectivity index (χ0v) is 15.0. The van der Waals surface area contributed by atoms with Gasteiger partial charge in [0.1, 0.15) is 6.17 Å². The molecule has 25 heavy (non-hydrogen) atoms. The maximum Gasteiger partial charge on any atom is 0.119 e. The van der Waals surface area contributed by atoms with Crippen LogP contribution in [0.15, 0.2) is 0 Å². The van der Waals surface area contributed by atoms with Gasteiger partial charge in [0.15, 0.2) is 0 Å². The van der Waals surface area contributed by atoms with Crippen LogP contribution in [0.5, 0.6) is 0 Å². The van der Waals surface area contributed by atoms with Crippen molar-refractivity contribution in [1.29, 1.82) is 0 Å². The molecular formula is C17H31FN4O3. The van der Waals surface area contributed by atoms with Crippen LogP contribution in [-0.4, -0.2) is 81.5 Å². The Balaban J connectivity index is 1.45. The first-order chi connectivity index (χ1) is 12.2. The van der Waals surface area contributed by atoms with Crippen molar-refractivity contribution < 1.29 is 18.6 Å². The summed E-state index contributed by atoms with van der Waals surface area (Å²) in [6.07, 6.45) is 0.442. The monoisotopic (exact) mass is 358 g/mol. The van der Waals surface area contributed by atoms with Gasteiger partial charge in [-0.15, -0.1) is 0 Å². The lowest BCUT2D eigenvalue weighted by Crippen LogP contribution is -2.47. The van der Waals surface area contributed by atoms with Crippen molar-refractivity contribution in [3.8, 4) is 0 Å². The molecule has 0 spiro atoms. The van der Waals surface area contributed by atoms with E-state index >= 15 is 0 Å². The van der Waals surface area contributed by atoms with E-state index in [1.54, 1.807) is 0 Å². The highest BCUT2D eigenvalue weighted by atomic mass is 19.1. The van der Waals surface area contributed by atoms with E-state index in [1.807, 2.05) is 6.92 Å². The summed E-state index contributed by atoms with van der Waals surface area (Å²) in [7, 11) is 0. The number of halogens is 1. The number of alkyl halides is 1. The molecule has 8 heteroatoms. The molecule has 144 valence electrons. The Hall–Kier alpha value is -0.350. The molecule has 0 radical (unpaired) electrons. The lowest BCUT2D eigenvalue weighted by Gasteiger charge is -2.37. The van der Waals surface area contributed by atoms with Crippen LogP contribution in [0.2, 0.25) is 0 Å². The third-order valence-electron chi connectivity index (χ3n) is 5.95. The summed E-state index contributed by atoms with van der Waals surface area (Å²) in [5.41, 5.74) is 10.1. The van der Waals surface area contributed by atoms with Crippen molar-refractivity contribution in [2.45, 2.75) is 50.2 Å². The number of nitrogens with zero attached hydrogens (tertiary/aromatic N) is 1. The first-order valence-electron chi connectivity index (χ1n) is 9.65. The number of hydrogen-bond donors (Lipinski definition) is 3. The molecule has 7 nitrogen and oxygen atoms in total. The average Bonchev–Trinajstić information content (AvgIpc) is 3.19. The highest BCUT2D eigenvalue weighted by molar-refractivity contribution is 5.03. The Kier molecular flexibility index (Phi) is 5.86. The fraction of sp³-hybridized carbons (Fsp3) is 1.00. The fourth-order valence-corrected chi connectivity index (χ4v) is 4.74. The Morgan fingerprint density at radius 1 is 1.04 bits per heavy atom. The van der Waals surface area contributed by atoms with Crippen LogP contribution in [0.25, 0.3) is 0 Å². The number of hydrazine groups is 2. The zero-order chi connectivity index (χ0) is 17.2. The maximum absolute atomic E-state index is 14.7. The molecule has 4 fully saturated rings. The molecule has 4 bridgehead atoms. The molecule has 0 amide bonds. The largest absolute Gasteiger partial charge is 0.378 e. The second kappa shape index (κ2) is 8.12. The van der Waals surface area contributed by atoms with E-state index in [2.05, 4.69) is 21.3 Å². The van der Waals surface area contributed by atoms with Crippen LogP contribution in [0.3, 0.4) is 0 Å². The van der Waals surface area contributed by atoms with Gasteiger partial charge in [0.25, 0.3) is 0 Å². The van der Waals surface area contributed by atoms with E-state index < -0.39 is 6.17 Å². The smallest absolute Gasteiger partial charge is 0.119 e. The molecule has 3 N–H and O–H groups in total. The molecule has 7 unspecified atom stereocenters. The number of rotatable bonds is 0. The highest BCUT2D eigenvalue weighted by Crippen LogP contribution is 2.37. The van der Waals surface area contributed by atoms with Gasteiger partial charge in [0.2, 0.25) is 0 Å². The Bertz CT molecular complexity index is 446. The van der Waals surface area contributed by atoms with Crippen LogP contribution >= 0.6 is 0 Å². The Morgan fingerprint density at radius 3 is 2.80 bits per heavy atom. The summed E-state index contributed by atoms with van der Waals surface area (Å²) < 4.78 is 32.1. The SMILES string of the molecule is C[C@@H]1COCCOCCN2CC(CN2)C2NNC3C(F)CC(CC32)O1. The number of fused-ring (bicyclic) bond motifs is 4. The van der Waals surface area contributed by atoms with Crippen LogP contribution in [0.4, 0.5) is 4.39 Å². The Morgan fingerprint density at radius 2 is 1.88 bits per heavy atom. The summed E-state index contributed by atoms with van der Waals surface area (Å²) in [5, 5.41) is 2.22. The third kappa shape index (κ3) is 4.16. The van der Waals surface area contributed by atoms with E-state index in [0.29, 0.717) is 38.8 Å². The molecule has 3 saturated heterocycles. The second-order valence-electron chi connectivity index (χ2n) is 7.82. The van der Waals surface area contributed by atoms with Crippen molar-refractivity contribution in [1.82, 2.24) is 21.3 Å². The fourth-order valence-electron chi connectivity index (χ4n) is 4.74. The standard InChI is InChI=1S/C17H31FN4O3/c1-11-10-24-5-4-23-3-2-22-9-12(8-19-22)16-14-6-13(25-11)7-15(18)17(14)21-20-16/h11-17,19-21H,2-10H2,1H3/t11-,12?,13?,14?,15?,16?,17?/m1/s1. The minimum Gasteiger partial charge on any atom is -0.378 e. The van der Waals surface area contributed by atoms with Crippen LogP contribution < -0.4 is 16.3 Å². The molecule has 4 rings (SSSR count). The summed E-state index contributed by atoms with van der Waals surface area (Å²) in [6.45, 7) is 7.13. The quantitative estimate of drug-likeness (QED) is 0.556. The molecule has 8 atom stereocenters. The average molecular weight is 358 g/mol. The number of ether oxygens (including phenoxy) is 3. The maximum atomic E-state index is 14.7. The molecule has 0 aromatic carbocycles. The third-order valence-corrected chi connectivity index (χ3v) is 5.95. The van der Waals surface area contributed by atoms with Crippen LogP contribution in [-0.2, 0) is 14.2 Å². The minimum absolute atomic E-state index is 0.0222. The first kappa shape index (κ1) is 18.0. The van der Waals surface area contributed by atoms with Gasteiger partial charge in [0, 0.05) is 38.0 Å². The molecular weight excluding hydrogens is 327 g/mol. The molecule has 1 aliphatic carbocycles. The van der Waals surface area contributed by atoms with Crippen molar-refractivity contribution >= 4 is 0 Å². The predicted molar refractivity (Wildman–Crippen MR) is 90.5 cm³/mol. The van der Waals surface area contributed by atoms with Gasteiger partial charge >= 0.3 is 0 Å². The lowest BCUT2D eigenvalue weighted by atomic mass is 9.75. The summed E-state index contributed by atoms with van der Waals surface area (Å²) in [4.78, 5) is 0. The van der Waals surface area contributed by atoms with Gasteiger partial charge in [-0.3, -0.25) is 16.3 Å². The van der Waals surface area contributed by atoms with Crippen molar-refractivity contribution in [2.24, 2.45) is 11.8 Å². The van der Waals surface area contributed by atoms with Gasteiger partial charge in [-0.1, -0.05) is 0 Å². The lowest BCUT2D eigenvalue weighted by molar-refractivity contribution is -0.0874. The molecule has 0 aromatic heterocycles. The van der Waals surface area contributed by atoms with E-state index in [-0.39, 0.29) is 30.2 Å². The van der Waals surface area contributed by atoms with E-state index in [0.717, 1.165) is 26.1 Å². The molecule has 3 heterocycles. The van der Waals surface area contributed by atoms with Crippen molar-refractivity contribution in [3.05, 3.63) is 0 Å². The molecule has 4 aliphatic rings. The van der Waals surface area contributed by atoms with Crippen molar-refractivity contribution in [2.75, 3.05) is 46.1 Å². The highest BCUT2D eigenvalue weighted by Gasteiger charge is 2.49. The number of hydrogen-bond acceptors (Lipinski definition) is 7. The molecule has 0 aromatic rings. The molecule has 3 aliphatic heterocycles. The van der Waals surface area contributed by atoms with Gasteiger partial charge < -0.3 is 14.2 Å². The van der Waals surface area contributed by atoms with Gasteiger partial charge in [-0.25, -0.2) is 9.40 Å². The molecule has 1 saturated carbocycles.